The summed E-state index contributed by atoms with van der Waals surface area (Å²) in [6, 6.07) is 0. The Bertz CT molecular complexity index is 27.0. The molecule has 2 nitrogen and oxygen atoms in total. The van der Waals surface area contributed by atoms with Gasteiger partial charge in [0.25, 0.3) is 0 Å². The minimum absolute atomic E-state index is 0.113. The summed E-state index contributed by atoms with van der Waals surface area (Å²) in [7, 11) is 0.0525. The molecule has 0 rings (SSSR count). The summed E-state index contributed by atoms with van der Waals surface area (Å²) in [6.07, 6.45) is 0. The van der Waals surface area contributed by atoms with E-state index in [0.717, 1.165) is 0 Å². The largest absolute Gasteiger partial charge is 0.273 e. The molecule has 0 aromatic heterocycles. The van der Waals surface area contributed by atoms with Gasteiger partial charge in [0.05, 0.1) is 0 Å². The van der Waals surface area contributed by atoms with Crippen LogP contribution in [0.3, 0.4) is 0 Å². The number of nitrogens with one attached hydrogen (secondary N) is 1. The number of rotatable bonds is 1. The van der Waals surface area contributed by atoms with E-state index >= 15 is 0 Å². The minimum Gasteiger partial charge on any atom is -0.273 e. The predicted octanol–water partition coefficient (Wildman–Crippen LogP) is 1.90. The maximum absolute atomic E-state index is 9.07. The fraction of sp³-hybridized carbons (Fsp3) is 0. The molecule has 0 saturated carbocycles. The topological polar surface area (TPSA) is 40.9 Å². The summed E-state index contributed by atoms with van der Waals surface area (Å²) in [6.45, 7) is 0. The highest BCUT2D eigenvalue weighted by Crippen LogP contribution is 2.10. The molecule has 0 amide bonds. The summed E-state index contributed by atoms with van der Waals surface area (Å²) in [5.41, 5.74) is 0. The van der Waals surface area contributed by atoms with E-state index in [4.69, 9.17) is 9.73 Å². The van der Waals surface area contributed by atoms with Crippen LogP contribution in [0.1, 0.15) is 0 Å². The van der Waals surface area contributed by atoms with Crippen LogP contribution in [0.25, 0.3) is 0 Å². The Balaban J connectivity index is 2.73. The van der Waals surface area contributed by atoms with Crippen LogP contribution in [0.5, 0.6) is 0 Å². The van der Waals surface area contributed by atoms with Gasteiger partial charge in [0, 0.05) is 0 Å². The van der Waals surface area contributed by atoms with Crippen molar-refractivity contribution in [2.24, 2.45) is 0 Å². The third kappa shape index (κ3) is 2.20. The first kappa shape index (κ1) is 4.20. The quantitative estimate of drug-likeness (QED) is 0.494. The lowest BCUT2D eigenvalue weighted by molar-refractivity contribution is 0.605. The second kappa shape index (κ2) is 3.20. The van der Waals surface area contributed by atoms with Crippen molar-refractivity contribution < 1.29 is 4.57 Å². The molecule has 0 bridgehead atoms. The average Bonchev–Trinajstić information content (AvgIpc) is 1.37. The second-order valence-electron chi connectivity index (χ2n) is 0.182. The van der Waals surface area contributed by atoms with Gasteiger partial charge < -0.3 is 0 Å². The first-order chi connectivity index (χ1) is 1.91. The zero-order valence-electron chi connectivity index (χ0n) is 1.80. The molecule has 0 aromatic rings. The molecule has 0 aliphatic rings. The van der Waals surface area contributed by atoms with Crippen molar-refractivity contribution in [1.82, 2.24) is 0 Å². The third-order valence-corrected chi connectivity index (χ3v) is 0.367. The third-order valence-electron chi connectivity index (χ3n) is 0.0408. The first-order valence-electron chi connectivity index (χ1n) is 0.606. The van der Waals surface area contributed by atoms with Crippen LogP contribution in [-0.2, 0) is 4.57 Å². The lowest BCUT2D eigenvalue weighted by Crippen LogP contribution is -0.795. The van der Waals surface area contributed by atoms with Crippen LogP contribution >= 0.6 is 16.2 Å². The van der Waals surface area contributed by atoms with Crippen LogP contribution in [0.15, 0.2) is 0 Å². The van der Waals surface area contributed by atoms with Crippen molar-refractivity contribution in [3.05, 3.63) is 0 Å². The molecule has 0 saturated heterocycles. The summed E-state index contributed by atoms with van der Waals surface area (Å²) in [4.78, 5) is 0. The molecule has 0 atom stereocenters. The summed E-state index contributed by atoms with van der Waals surface area (Å²) in [5, 5.41) is 6.10. The van der Waals surface area contributed by atoms with Gasteiger partial charge in [0.1, 0.15) is 8.06 Å². The molecule has 0 aliphatic carbocycles. The van der Waals surface area contributed by atoms with Crippen LogP contribution in [0, 0.1) is 5.16 Å². The SMILES string of the molecule is N=PP=O. The molecule has 4 heavy (non-hydrogen) atoms. The van der Waals surface area contributed by atoms with Crippen molar-refractivity contribution in [1.29, 1.82) is 5.16 Å². The Morgan fingerprint density at radius 2 is 2.00 bits per heavy atom. The van der Waals surface area contributed by atoms with Crippen LogP contribution in [0.4, 0.5) is 0 Å². The Labute approximate surface area is 27.0 Å². The fourth-order valence-corrected chi connectivity index (χ4v) is 0. The van der Waals surface area contributed by atoms with E-state index in [1.54, 1.807) is 0 Å². The molecule has 0 unspecified atom stereocenters. The molecular formula is HNOP2. The van der Waals surface area contributed by atoms with Gasteiger partial charge in [-0.05, 0) is 0 Å². The molecule has 0 heterocycles. The normalized spacial score (nSPS) is 9.00. The summed E-state index contributed by atoms with van der Waals surface area (Å²) < 4.78 is 9.07. The maximum atomic E-state index is 9.07. The molecule has 0 aromatic carbocycles. The highest BCUT2D eigenvalue weighted by Gasteiger charge is 1.46. The molecule has 0 fully saturated rings. The van der Waals surface area contributed by atoms with E-state index in [1.807, 2.05) is 0 Å². The van der Waals surface area contributed by atoms with E-state index in [-0.39, 0.29) is 16.2 Å². The minimum atomic E-state index is -0.113. The average molecular weight is 93.0 g/mol. The van der Waals surface area contributed by atoms with E-state index in [9.17, 15) is 0 Å². The summed E-state index contributed by atoms with van der Waals surface area (Å²) in [5.74, 6) is 0. The van der Waals surface area contributed by atoms with Gasteiger partial charge in [-0.2, -0.15) is 0 Å². The van der Waals surface area contributed by atoms with Gasteiger partial charge in [0.2, 0.25) is 8.15 Å². The van der Waals surface area contributed by atoms with Crippen molar-refractivity contribution in [3.63, 3.8) is 0 Å². The van der Waals surface area contributed by atoms with Crippen molar-refractivity contribution >= 4 is 16.2 Å². The van der Waals surface area contributed by atoms with E-state index in [1.165, 1.54) is 0 Å². The van der Waals surface area contributed by atoms with Gasteiger partial charge in [-0.3, -0.25) is 9.73 Å². The summed E-state index contributed by atoms with van der Waals surface area (Å²) >= 11 is 0. The first-order valence-corrected chi connectivity index (χ1v) is 3.02. The Hall–Kier alpha value is 0.200. The van der Waals surface area contributed by atoms with E-state index in [0.29, 0.717) is 0 Å². The Morgan fingerprint density at radius 1 is 1.75 bits per heavy atom. The van der Waals surface area contributed by atoms with Crippen molar-refractivity contribution in [2.75, 3.05) is 0 Å². The lowest BCUT2D eigenvalue weighted by atomic mass is 14.0. The second-order valence-corrected chi connectivity index (χ2v) is 1.63. The van der Waals surface area contributed by atoms with E-state index in [2.05, 4.69) is 0 Å². The van der Waals surface area contributed by atoms with Crippen molar-refractivity contribution in [3.8, 4) is 0 Å². The Morgan fingerprint density at radius 3 is 2.00 bits per heavy atom. The molecule has 0 spiro atoms. The highest BCUT2D eigenvalue weighted by molar-refractivity contribution is 7.99. The highest BCUT2D eigenvalue weighted by atomic mass is 32.0. The molecular weight excluding hydrogens is 92.0 g/mol. The maximum Gasteiger partial charge on any atom is 0.235 e. The zero-order valence-corrected chi connectivity index (χ0v) is 3.59. The number of hydrogen-bond acceptors (Lipinski definition) is 2. The zero-order chi connectivity index (χ0) is 3.41. The van der Waals surface area contributed by atoms with Gasteiger partial charge in [-0.1, -0.05) is 0 Å². The van der Waals surface area contributed by atoms with Gasteiger partial charge in [-0.25, -0.2) is 0 Å². The van der Waals surface area contributed by atoms with E-state index < -0.39 is 0 Å². The smallest absolute Gasteiger partial charge is 0.235 e. The molecule has 4 heteroatoms. The number of hydrogen-bond donors (Lipinski definition) is 1. The standard InChI is InChI=1S/HNOP2/c1-3-4-2/h1H. The van der Waals surface area contributed by atoms with Crippen LogP contribution < -0.4 is 0 Å². The Kier molecular flexibility index (Phi) is 3.36. The van der Waals surface area contributed by atoms with Gasteiger partial charge in [-0.15, -0.1) is 0 Å². The molecule has 22 valence electrons. The van der Waals surface area contributed by atoms with Gasteiger partial charge in [0.15, 0.2) is 0 Å². The molecule has 0 aliphatic heterocycles. The monoisotopic (exact) mass is 93.0 g/mol. The van der Waals surface area contributed by atoms with Crippen molar-refractivity contribution in [2.45, 2.75) is 0 Å². The fourth-order valence-electron chi connectivity index (χ4n) is 0. The molecule has 0 radical (unpaired) electrons. The van der Waals surface area contributed by atoms with Crippen LogP contribution in [-0.4, -0.2) is 0 Å². The lowest BCUT2D eigenvalue weighted by Gasteiger charge is -1.31. The predicted molar refractivity (Wildman–Crippen MR) is 17.2 cm³/mol. The van der Waals surface area contributed by atoms with Crippen LogP contribution in [0.2, 0.25) is 0 Å². The molecule has 1 N–H and O–H groups in total. The van der Waals surface area contributed by atoms with Gasteiger partial charge >= 0.3 is 0 Å².